The summed E-state index contributed by atoms with van der Waals surface area (Å²) in [6, 6.07) is 0. The lowest BCUT2D eigenvalue weighted by molar-refractivity contribution is -0.129. The third-order valence-corrected chi connectivity index (χ3v) is 2.39. The van der Waals surface area contributed by atoms with Crippen LogP contribution in [0.4, 0.5) is 0 Å². The Bertz CT molecular complexity index is 162. The van der Waals surface area contributed by atoms with Gasteiger partial charge in [0.05, 0.1) is 0 Å². The van der Waals surface area contributed by atoms with Gasteiger partial charge in [0.1, 0.15) is 5.78 Å². The number of halogens is 1. The van der Waals surface area contributed by atoms with Gasteiger partial charge in [-0.2, -0.15) is 0 Å². The van der Waals surface area contributed by atoms with Gasteiger partial charge in [-0.3, -0.25) is 4.79 Å². The largest absolute Gasteiger partial charge is 0.455 e. The van der Waals surface area contributed by atoms with Crippen molar-refractivity contribution in [1.82, 2.24) is 0 Å². The van der Waals surface area contributed by atoms with Crippen molar-refractivity contribution in [3.05, 3.63) is 0 Å². The molecule has 0 aromatic heterocycles. The van der Waals surface area contributed by atoms with Crippen LogP contribution in [0.2, 0.25) is 5.82 Å². The molecule has 0 bridgehead atoms. The van der Waals surface area contributed by atoms with Crippen LogP contribution >= 0.6 is 11.6 Å². The number of alkyl halides is 1. The average molecular weight is 176 g/mol. The minimum atomic E-state index is -1.36. The van der Waals surface area contributed by atoms with E-state index in [0.717, 1.165) is 0 Å². The van der Waals surface area contributed by atoms with Crippen LogP contribution in [0, 0.1) is 5.92 Å². The number of ketones is 1. The van der Waals surface area contributed by atoms with E-state index in [-0.39, 0.29) is 17.5 Å². The fourth-order valence-electron chi connectivity index (χ4n) is 1.41. The number of hydrogen-bond donors (Lipinski definition) is 2. The molecule has 0 heterocycles. The van der Waals surface area contributed by atoms with Gasteiger partial charge in [-0.25, -0.2) is 0 Å². The van der Waals surface area contributed by atoms with Gasteiger partial charge in [0.25, 0.3) is 0 Å². The minimum Gasteiger partial charge on any atom is -0.427 e. The molecule has 1 fully saturated rings. The normalized spacial score (nSPS) is 29.9. The Balaban J connectivity index is 2.41. The van der Waals surface area contributed by atoms with E-state index in [1.165, 1.54) is 0 Å². The van der Waals surface area contributed by atoms with Crippen molar-refractivity contribution in [3.63, 3.8) is 0 Å². The van der Waals surface area contributed by atoms with E-state index in [1.54, 1.807) is 0 Å². The van der Waals surface area contributed by atoms with Crippen LogP contribution in [0.15, 0.2) is 0 Å². The van der Waals surface area contributed by atoms with Crippen LogP contribution in [0.1, 0.15) is 12.8 Å². The smallest absolute Gasteiger partial charge is 0.427 e. The van der Waals surface area contributed by atoms with Gasteiger partial charge in [-0.1, -0.05) is 0 Å². The van der Waals surface area contributed by atoms with Crippen molar-refractivity contribution >= 4 is 24.5 Å². The molecule has 1 aliphatic carbocycles. The predicted molar refractivity (Wildman–Crippen MR) is 42.4 cm³/mol. The Morgan fingerprint density at radius 3 is 2.64 bits per heavy atom. The average Bonchev–Trinajstić information content (AvgIpc) is 1.95. The maximum Gasteiger partial charge on any atom is 0.455 e. The van der Waals surface area contributed by atoms with Crippen LogP contribution in [-0.4, -0.2) is 28.8 Å². The SMILES string of the molecule is O=C1CC(B(O)O)C1CCCl. The molecule has 1 rings (SSSR count). The summed E-state index contributed by atoms with van der Waals surface area (Å²) in [5, 5.41) is 17.5. The van der Waals surface area contributed by atoms with Crippen molar-refractivity contribution < 1.29 is 14.8 Å². The molecule has 0 amide bonds. The summed E-state index contributed by atoms with van der Waals surface area (Å²) in [6.07, 6.45) is 0.849. The van der Waals surface area contributed by atoms with Gasteiger partial charge in [0, 0.05) is 24.0 Å². The fourth-order valence-corrected chi connectivity index (χ4v) is 1.65. The number of carbonyl (C=O) groups is 1. The Morgan fingerprint density at radius 1 is 1.64 bits per heavy atom. The predicted octanol–water partition coefficient (Wildman–Crippen LogP) is 0.0473. The third kappa shape index (κ3) is 1.75. The van der Waals surface area contributed by atoms with Gasteiger partial charge in [0.15, 0.2) is 0 Å². The van der Waals surface area contributed by atoms with E-state index in [9.17, 15) is 4.79 Å². The lowest BCUT2D eigenvalue weighted by Crippen LogP contribution is -2.42. The topological polar surface area (TPSA) is 57.5 Å². The number of carbonyl (C=O) groups excluding carboxylic acids is 1. The fraction of sp³-hybridized carbons (Fsp3) is 0.833. The van der Waals surface area contributed by atoms with E-state index < -0.39 is 7.12 Å². The van der Waals surface area contributed by atoms with Gasteiger partial charge in [-0.05, 0) is 6.42 Å². The summed E-state index contributed by atoms with van der Waals surface area (Å²) in [7, 11) is -1.36. The van der Waals surface area contributed by atoms with Crippen molar-refractivity contribution in [1.29, 1.82) is 0 Å². The van der Waals surface area contributed by atoms with Crippen LogP contribution in [0.25, 0.3) is 0 Å². The Labute approximate surface area is 70.5 Å². The number of hydrogen-bond acceptors (Lipinski definition) is 3. The van der Waals surface area contributed by atoms with E-state index in [4.69, 9.17) is 21.6 Å². The van der Waals surface area contributed by atoms with Crippen molar-refractivity contribution in [2.24, 2.45) is 5.92 Å². The molecular formula is C6H10BClO3. The van der Waals surface area contributed by atoms with E-state index in [2.05, 4.69) is 0 Å². The maximum atomic E-state index is 10.9. The number of Topliss-reactive ketones (excluding diaryl/α,β-unsaturated/α-hetero) is 1. The van der Waals surface area contributed by atoms with Gasteiger partial charge < -0.3 is 10.0 Å². The van der Waals surface area contributed by atoms with Crippen LogP contribution in [0.5, 0.6) is 0 Å². The maximum absolute atomic E-state index is 10.9. The molecule has 11 heavy (non-hydrogen) atoms. The molecule has 0 aromatic rings. The van der Waals surface area contributed by atoms with Crippen molar-refractivity contribution in [2.75, 3.05) is 5.88 Å². The second-order valence-corrected chi connectivity index (χ2v) is 3.21. The zero-order valence-corrected chi connectivity index (χ0v) is 6.79. The molecule has 0 radical (unpaired) electrons. The second kappa shape index (κ2) is 3.56. The van der Waals surface area contributed by atoms with Crippen molar-refractivity contribution in [3.8, 4) is 0 Å². The first kappa shape index (κ1) is 9.04. The molecule has 2 N–H and O–H groups in total. The molecule has 2 atom stereocenters. The molecule has 0 aromatic carbocycles. The van der Waals surface area contributed by atoms with Gasteiger partial charge in [-0.15, -0.1) is 11.6 Å². The molecule has 3 nitrogen and oxygen atoms in total. The van der Waals surface area contributed by atoms with Crippen LogP contribution in [-0.2, 0) is 4.79 Å². The summed E-state index contributed by atoms with van der Waals surface area (Å²) in [5.74, 6) is 0.0112. The minimum absolute atomic E-state index is 0.101. The summed E-state index contributed by atoms with van der Waals surface area (Å²) in [5.41, 5.74) is 0. The van der Waals surface area contributed by atoms with Crippen LogP contribution < -0.4 is 0 Å². The second-order valence-electron chi connectivity index (χ2n) is 2.83. The lowest BCUT2D eigenvalue weighted by atomic mass is 9.53. The highest BCUT2D eigenvalue weighted by Gasteiger charge is 2.45. The molecule has 62 valence electrons. The van der Waals surface area contributed by atoms with E-state index in [0.29, 0.717) is 18.7 Å². The molecule has 0 saturated heterocycles. The molecule has 0 spiro atoms. The molecule has 1 aliphatic rings. The summed E-state index contributed by atoms with van der Waals surface area (Å²) >= 11 is 5.43. The first-order chi connectivity index (χ1) is 5.16. The van der Waals surface area contributed by atoms with Crippen LogP contribution in [0.3, 0.4) is 0 Å². The zero-order valence-electron chi connectivity index (χ0n) is 6.03. The first-order valence-electron chi connectivity index (χ1n) is 3.61. The highest BCUT2D eigenvalue weighted by atomic mass is 35.5. The monoisotopic (exact) mass is 176 g/mol. The summed E-state index contributed by atoms with van der Waals surface area (Å²) in [4.78, 5) is 10.9. The third-order valence-electron chi connectivity index (χ3n) is 2.17. The highest BCUT2D eigenvalue weighted by molar-refractivity contribution is 6.45. The first-order valence-corrected chi connectivity index (χ1v) is 4.15. The molecule has 5 heteroatoms. The van der Waals surface area contributed by atoms with E-state index >= 15 is 0 Å². The standard InChI is InChI=1S/C6H10BClO3/c8-2-1-4-5(7(10)11)3-6(4)9/h4-5,10-11H,1-3H2. The highest BCUT2D eigenvalue weighted by Crippen LogP contribution is 2.39. The molecule has 1 saturated carbocycles. The van der Waals surface area contributed by atoms with E-state index in [1.807, 2.05) is 0 Å². The Hall–Kier alpha value is -0.0551. The van der Waals surface area contributed by atoms with Gasteiger partial charge >= 0.3 is 7.12 Å². The molecule has 0 aliphatic heterocycles. The Kier molecular flexibility index (Phi) is 2.93. The molecule has 2 unspecified atom stereocenters. The quantitative estimate of drug-likeness (QED) is 0.472. The summed E-state index contributed by atoms with van der Waals surface area (Å²) in [6.45, 7) is 0. The van der Waals surface area contributed by atoms with Gasteiger partial charge in [0.2, 0.25) is 0 Å². The molecular weight excluding hydrogens is 166 g/mol. The lowest BCUT2D eigenvalue weighted by Gasteiger charge is -2.33. The number of rotatable bonds is 3. The zero-order chi connectivity index (χ0) is 8.43. The van der Waals surface area contributed by atoms with Crippen molar-refractivity contribution in [2.45, 2.75) is 18.7 Å². The summed E-state index contributed by atoms with van der Waals surface area (Å²) < 4.78 is 0. The Morgan fingerprint density at radius 2 is 2.27 bits per heavy atom.